The maximum atomic E-state index is 2.26. The lowest BCUT2D eigenvalue weighted by Crippen LogP contribution is -2.01. The van der Waals surface area contributed by atoms with Gasteiger partial charge in [-0.15, -0.1) is 0 Å². The number of hydrogen-bond donors (Lipinski definition) is 0. The van der Waals surface area contributed by atoms with Crippen molar-refractivity contribution in [1.82, 2.24) is 0 Å². The molecule has 0 unspecified atom stereocenters. The third-order valence-electron chi connectivity index (χ3n) is 2.92. The van der Waals surface area contributed by atoms with E-state index in [1.54, 1.807) is 0 Å². The first-order chi connectivity index (χ1) is 6.11. The van der Waals surface area contributed by atoms with Crippen molar-refractivity contribution in [2.45, 2.75) is 27.7 Å². The Hall–Kier alpha value is -0.610. The van der Waals surface area contributed by atoms with Gasteiger partial charge in [-0.25, -0.2) is 0 Å². The molecule has 0 saturated heterocycles. The molecule has 1 aromatic rings. The van der Waals surface area contributed by atoms with Gasteiger partial charge in [-0.3, -0.25) is 0 Å². The molecule has 0 spiro atoms. The minimum absolute atomic E-state index is 1.40. The SMILES string of the molecule is CC1=C(C)c2c(ccc(C)c2C)[P]1. The number of hydrogen-bond acceptors (Lipinski definition) is 0. The van der Waals surface area contributed by atoms with Crippen molar-refractivity contribution >= 4 is 19.5 Å². The number of fused-ring (bicyclic) bond motifs is 1. The van der Waals surface area contributed by atoms with Gasteiger partial charge in [0, 0.05) is 0 Å². The number of rotatable bonds is 0. The third kappa shape index (κ3) is 1.25. The first-order valence-electron chi connectivity index (χ1n) is 4.61. The quantitative estimate of drug-likeness (QED) is 0.546. The van der Waals surface area contributed by atoms with E-state index in [9.17, 15) is 0 Å². The van der Waals surface area contributed by atoms with Gasteiger partial charge < -0.3 is 0 Å². The molecule has 1 radical (unpaired) electrons. The lowest BCUT2D eigenvalue weighted by Gasteiger charge is -2.08. The first-order valence-corrected chi connectivity index (χ1v) is 5.50. The molecule has 0 bridgehead atoms. The normalized spacial score (nSPS) is 16.9. The Morgan fingerprint density at radius 3 is 2.38 bits per heavy atom. The standard InChI is InChI=1S/C12H14P/c1-7-5-6-11-12(8(7)2)9(3)10(4)13-11/h5-6H,1-4H3. The summed E-state index contributed by atoms with van der Waals surface area (Å²) in [4.78, 5) is 0. The van der Waals surface area contributed by atoms with E-state index in [4.69, 9.17) is 0 Å². The maximum absolute atomic E-state index is 2.26. The van der Waals surface area contributed by atoms with Gasteiger partial charge in [-0.2, -0.15) is 0 Å². The van der Waals surface area contributed by atoms with Crippen LogP contribution < -0.4 is 5.30 Å². The monoisotopic (exact) mass is 189 g/mol. The van der Waals surface area contributed by atoms with Crippen molar-refractivity contribution in [2.75, 3.05) is 0 Å². The second kappa shape index (κ2) is 2.96. The van der Waals surface area contributed by atoms with E-state index in [0.29, 0.717) is 0 Å². The van der Waals surface area contributed by atoms with Crippen LogP contribution in [0.4, 0.5) is 0 Å². The van der Waals surface area contributed by atoms with E-state index in [2.05, 4.69) is 39.8 Å². The molecule has 0 nitrogen and oxygen atoms in total. The molecule has 1 heterocycles. The molecule has 2 rings (SSSR count). The molecule has 1 heteroatoms. The van der Waals surface area contributed by atoms with E-state index in [0.717, 1.165) is 0 Å². The van der Waals surface area contributed by atoms with Crippen LogP contribution in [0.15, 0.2) is 17.4 Å². The van der Waals surface area contributed by atoms with Crippen LogP contribution in [-0.2, 0) is 0 Å². The molecule has 0 aromatic heterocycles. The highest BCUT2D eigenvalue weighted by molar-refractivity contribution is 7.53. The molecule has 1 aromatic carbocycles. The largest absolute Gasteiger partial charge is 0.0584 e. The van der Waals surface area contributed by atoms with Crippen LogP contribution in [0.1, 0.15) is 30.5 Å². The smallest absolute Gasteiger partial charge is 0.00714 e. The number of allylic oxidation sites excluding steroid dienone is 2. The first kappa shape index (κ1) is 8.97. The molecular weight excluding hydrogens is 175 g/mol. The zero-order valence-electron chi connectivity index (χ0n) is 8.60. The van der Waals surface area contributed by atoms with Gasteiger partial charge in [-0.1, -0.05) is 12.1 Å². The van der Waals surface area contributed by atoms with E-state index >= 15 is 0 Å². The summed E-state index contributed by atoms with van der Waals surface area (Å²) in [5.41, 5.74) is 5.85. The van der Waals surface area contributed by atoms with Gasteiger partial charge in [0.1, 0.15) is 0 Å². The Labute approximate surface area is 81.8 Å². The fraction of sp³-hybridized carbons (Fsp3) is 0.333. The lowest BCUT2D eigenvalue weighted by atomic mass is 9.98. The number of aryl methyl sites for hydroxylation is 1. The Kier molecular flexibility index (Phi) is 2.04. The van der Waals surface area contributed by atoms with Gasteiger partial charge in [0.05, 0.1) is 0 Å². The third-order valence-corrected chi connectivity index (χ3v) is 4.20. The summed E-state index contributed by atoms with van der Waals surface area (Å²) in [6.07, 6.45) is 0. The highest BCUT2D eigenvalue weighted by Crippen LogP contribution is 2.40. The van der Waals surface area contributed by atoms with Gasteiger partial charge in [0.25, 0.3) is 0 Å². The molecule has 0 atom stereocenters. The molecule has 0 aliphatic carbocycles. The summed E-state index contributed by atoms with van der Waals surface area (Å²) in [5, 5.41) is 2.99. The van der Waals surface area contributed by atoms with Crippen LogP contribution in [0, 0.1) is 13.8 Å². The van der Waals surface area contributed by atoms with Crippen molar-refractivity contribution < 1.29 is 0 Å². The minimum atomic E-state index is 1.40. The molecule has 0 fully saturated rings. The summed E-state index contributed by atoms with van der Waals surface area (Å²) >= 11 is 0. The fourth-order valence-corrected chi connectivity index (χ4v) is 3.05. The molecular formula is C12H14P. The van der Waals surface area contributed by atoms with Gasteiger partial charge in [0.2, 0.25) is 0 Å². The van der Waals surface area contributed by atoms with Gasteiger partial charge in [-0.05, 0) is 69.2 Å². The summed E-state index contributed by atoms with van der Waals surface area (Å²) in [7, 11) is 1.40. The van der Waals surface area contributed by atoms with E-state index < -0.39 is 0 Å². The Morgan fingerprint density at radius 2 is 1.69 bits per heavy atom. The predicted octanol–water partition coefficient (Wildman–Crippen LogP) is 3.64. The average Bonchev–Trinajstić information content (AvgIpc) is 2.37. The van der Waals surface area contributed by atoms with Crippen molar-refractivity contribution in [3.05, 3.63) is 34.1 Å². The number of benzene rings is 1. The molecule has 0 N–H and O–H groups in total. The Balaban J connectivity index is 2.71. The second-order valence-electron chi connectivity index (χ2n) is 3.72. The summed E-state index contributed by atoms with van der Waals surface area (Å²) in [6.45, 7) is 8.88. The summed E-state index contributed by atoms with van der Waals surface area (Å²) in [5.74, 6) is 0. The van der Waals surface area contributed by atoms with Crippen LogP contribution in [0.2, 0.25) is 0 Å². The Bertz CT molecular complexity index is 400. The lowest BCUT2D eigenvalue weighted by molar-refractivity contribution is 1.33. The second-order valence-corrected chi connectivity index (χ2v) is 5.10. The zero-order valence-corrected chi connectivity index (χ0v) is 9.50. The molecule has 0 saturated carbocycles. The van der Waals surface area contributed by atoms with Crippen molar-refractivity contribution in [1.29, 1.82) is 0 Å². The topological polar surface area (TPSA) is 0 Å². The van der Waals surface area contributed by atoms with Gasteiger partial charge in [0.15, 0.2) is 0 Å². The van der Waals surface area contributed by atoms with E-state index in [1.165, 1.54) is 41.5 Å². The van der Waals surface area contributed by atoms with Crippen molar-refractivity contribution in [3.63, 3.8) is 0 Å². The molecule has 0 amide bonds. The highest BCUT2D eigenvalue weighted by atomic mass is 31.1. The molecule has 67 valence electrons. The summed E-state index contributed by atoms with van der Waals surface area (Å²) < 4.78 is 0. The van der Waals surface area contributed by atoms with Crippen LogP contribution >= 0.6 is 8.58 Å². The van der Waals surface area contributed by atoms with Crippen molar-refractivity contribution in [3.8, 4) is 0 Å². The fourth-order valence-electron chi connectivity index (χ4n) is 1.81. The van der Waals surface area contributed by atoms with E-state index in [1.807, 2.05) is 0 Å². The predicted molar refractivity (Wildman–Crippen MR) is 60.7 cm³/mol. The zero-order chi connectivity index (χ0) is 9.59. The van der Waals surface area contributed by atoms with Crippen LogP contribution in [0.25, 0.3) is 5.57 Å². The summed E-state index contributed by atoms with van der Waals surface area (Å²) in [6, 6.07) is 4.49. The molecule has 1 aliphatic heterocycles. The average molecular weight is 189 g/mol. The van der Waals surface area contributed by atoms with Gasteiger partial charge >= 0.3 is 0 Å². The van der Waals surface area contributed by atoms with Crippen molar-refractivity contribution in [2.24, 2.45) is 0 Å². The molecule has 13 heavy (non-hydrogen) atoms. The maximum Gasteiger partial charge on any atom is -0.00714 e. The van der Waals surface area contributed by atoms with Crippen LogP contribution in [0.3, 0.4) is 0 Å². The van der Waals surface area contributed by atoms with Crippen LogP contribution in [0.5, 0.6) is 0 Å². The molecule has 1 aliphatic rings. The minimum Gasteiger partial charge on any atom is -0.0584 e. The van der Waals surface area contributed by atoms with E-state index in [-0.39, 0.29) is 0 Å². The van der Waals surface area contributed by atoms with Crippen LogP contribution in [-0.4, -0.2) is 0 Å². The Morgan fingerprint density at radius 1 is 1.00 bits per heavy atom. The highest BCUT2D eigenvalue weighted by Gasteiger charge is 2.18.